The van der Waals surface area contributed by atoms with Crippen molar-refractivity contribution in [3.05, 3.63) is 0 Å². The molecule has 1 aliphatic heterocycles. The van der Waals surface area contributed by atoms with Gasteiger partial charge in [-0.15, -0.1) is 0 Å². The summed E-state index contributed by atoms with van der Waals surface area (Å²) in [7, 11) is 0. The van der Waals surface area contributed by atoms with Crippen LogP contribution in [-0.2, 0) is 9.59 Å². The van der Waals surface area contributed by atoms with Gasteiger partial charge in [0.05, 0.1) is 5.60 Å². The van der Waals surface area contributed by atoms with Crippen LogP contribution in [0.4, 0.5) is 0 Å². The number of thioether (sulfide) groups is 1. The van der Waals surface area contributed by atoms with Crippen molar-refractivity contribution in [3.8, 4) is 0 Å². The maximum absolute atomic E-state index is 12.6. The molecule has 4 saturated carbocycles. The second kappa shape index (κ2) is 4.97. The normalized spacial score (nSPS) is 46.5. The molecule has 1 N–H and O–H groups in total. The van der Waals surface area contributed by atoms with E-state index in [2.05, 4.69) is 4.90 Å². The third-order valence-corrected chi connectivity index (χ3v) is 7.34. The van der Waals surface area contributed by atoms with Gasteiger partial charge in [0.2, 0.25) is 5.91 Å². The van der Waals surface area contributed by atoms with Gasteiger partial charge in [0.1, 0.15) is 0 Å². The Morgan fingerprint density at radius 3 is 2.59 bits per heavy atom. The molecule has 3 atom stereocenters. The Labute approximate surface area is 136 Å². The van der Waals surface area contributed by atoms with Gasteiger partial charge in [0, 0.05) is 31.2 Å². The lowest BCUT2D eigenvalue weighted by Gasteiger charge is -2.62. The fourth-order valence-electron chi connectivity index (χ4n) is 6.07. The summed E-state index contributed by atoms with van der Waals surface area (Å²) in [4.78, 5) is 25.9. The molecule has 0 aromatic carbocycles. The van der Waals surface area contributed by atoms with E-state index in [1.54, 1.807) is 6.92 Å². The Balaban J connectivity index is 1.52. The highest BCUT2D eigenvalue weighted by Gasteiger charge is 2.60. The van der Waals surface area contributed by atoms with E-state index in [0.717, 1.165) is 44.4 Å². The summed E-state index contributed by atoms with van der Waals surface area (Å²) >= 11 is 1.34. The molecule has 4 bridgehead atoms. The molecular formula is C17H25NO3S. The highest BCUT2D eigenvalue weighted by Crippen LogP contribution is 2.60. The molecule has 1 heterocycles. The molecule has 4 nitrogen and oxygen atoms in total. The van der Waals surface area contributed by atoms with Crippen LogP contribution < -0.4 is 0 Å². The van der Waals surface area contributed by atoms with Crippen molar-refractivity contribution >= 4 is 22.8 Å². The zero-order valence-electron chi connectivity index (χ0n) is 13.2. The molecular weight excluding hydrogens is 298 g/mol. The van der Waals surface area contributed by atoms with E-state index in [1.807, 2.05) is 0 Å². The molecule has 0 aromatic rings. The van der Waals surface area contributed by atoms with Gasteiger partial charge in [-0.05, 0) is 56.3 Å². The smallest absolute Gasteiger partial charge is 0.223 e. The van der Waals surface area contributed by atoms with E-state index in [4.69, 9.17) is 0 Å². The van der Waals surface area contributed by atoms with Crippen molar-refractivity contribution in [1.29, 1.82) is 0 Å². The van der Waals surface area contributed by atoms with Crippen molar-refractivity contribution in [3.63, 3.8) is 0 Å². The number of aliphatic hydroxyl groups is 1. The third kappa shape index (κ3) is 2.41. The zero-order valence-corrected chi connectivity index (χ0v) is 14.0. The Bertz CT molecular complexity index is 506. The highest BCUT2D eigenvalue weighted by molar-refractivity contribution is 8.13. The molecule has 122 valence electrons. The van der Waals surface area contributed by atoms with Gasteiger partial charge in [0.25, 0.3) is 0 Å². The fourth-order valence-corrected chi connectivity index (χ4v) is 6.76. The molecule has 4 aliphatic carbocycles. The average Bonchev–Trinajstić information content (AvgIpc) is 2.75. The minimum atomic E-state index is -0.517. The molecule has 3 unspecified atom stereocenters. The number of hydrogen-bond donors (Lipinski definition) is 1. The number of nitrogens with zero attached hydrogens (tertiary/aromatic N) is 1. The lowest BCUT2D eigenvalue weighted by atomic mass is 9.50. The monoisotopic (exact) mass is 323 g/mol. The van der Waals surface area contributed by atoms with Gasteiger partial charge < -0.3 is 10.0 Å². The fraction of sp³-hybridized carbons (Fsp3) is 0.882. The molecule has 1 saturated heterocycles. The number of carbonyl (C=O) groups is 2. The van der Waals surface area contributed by atoms with Crippen LogP contribution in [0.1, 0.15) is 51.9 Å². The summed E-state index contributed by atoms with van der Waals surface area (Å²) in [5.74, 6) is 2.50. The van der Waals surface area contributed by atoms with E-state index >= 15 is 0 Å². The molecule has 22 heavy (non-hydrogen) atoms. The second-order valence-electron chi connectivity index (χ2n) is 8.29. The first-order valence-electron chi connectivity index (χ1n) is 8.54. The van der Waals surface area contributed by atoms with Crippen LogP contribution in [0.25, 0.3) is 0 Å². The van der Waals surface area contributed by atoms with Crippen molar-refractivity contribution in [2.24, 2.45) is 17.8 Å². The SMILES string of the molecule is CC(=O)SCC1CC(=O)N(C23CC4CC(CC(O)(C4)C2)C3)C1. The number of carbonyl (C=O) groups excluding carboxylic acids is 2. The summed E-state index contributed by atoms with van der Waals surface area (Å²) in [5, 5.41) is 11.0. The standard InChI is InChI=1S/C17H25NO3S/c1-11(19)22-9-14-3-15(20)18(8-14)16-4-12-2-13(5-16)7-17(21,6-12)10-16/h12-14,21H,2-10H2,1H3. The van der Waals surface area contributed by atoms with Gasteiger partial charge in [0.15, 0.2) is 5.12 Å². The minimum Gasteiger partial charge on any atom is -0.390 e. The van der Waals surface area contributed by atoms with Gasteiger partial charge >= 0.3 is 0 Å². The third-order valence-electron chi connectivity index (χ3n) is 6.30. The highest BCUT2D eigenvalue weighted by atomic mass is 32.2. The lowest BCUT2D eigenvalue weighted by molar-refractivity contribution is -0.179. The Kier molecular flexibility index (Phi) is 3.39. The molecule has 0 aromatic heterocycles. The van der Waals surface area contributed by atoms with E-state index in [-0.39, 0.29) is 16.6 Å². The van der Waals surface area contributed by atoms with Crippen LogP contribution in [0.15, 0.2) is 0 Å². The maximum Gasteiger partial charge on any atom is 0.223 e. The molecule has 5 rings (SSSR count). The van der Waals surface area contributed by atoms with Crippen molar-refractivity contribution in [2.75, 3.05) is 12.3 Å². The summed E-state index contributed by atoms with van der Waals surface area (Å²) in [6.45, 7) is 2.38. The summed E-state index contributed by atoms with van der Waals surface area (Å²) in [6.07, 6.45) is 6.67. The van der Waals surface area contributed by atoms with Crippen molar-refractivity contribution < 1.29 is 14.7 Å². The van der Waals surface area contributed by atoms with Crippen molar-refractivity contribution in [2.45, 2.75) is 63.0 Å². The molecule has 5 aliphatic rings. The quantitative estimate of drug-likeness (QED) is 0.865. The predicted molar refractivity (Wildman–Crippen MR) is 85.3 cm³/mol. The first-order valence-corrected chi connectivity index (χ1v) is 9.52. The van der Waals surface area contributed by atoms with Crippen LogP contribution in [0, 0.1) is 17.8 Å². The average molecular weight is 323 g/mol. The minimum absolute atomic E-state index is 0.0778. The zero-order chi connectivity index (χ0) is 15.5. The number of likely N-dealkylation sites (tertiary alicyclic amines) is 1. The van der Waals surface area contributed by atoms with Crippen LogP contribution in [0.3, 0.4) is 0 Å². The van der Waals surface area contributed by atoms with E-state index in [0.29, 0.717) is 24.2 Å². The largest absolute Gasteiger partial charge is 0.390 e. The molecule has 0 spiro atoms. The van der Waals surface area contributed by atoms with Gasteiger partial charge in [-0.3, -0.25) is 9.59 Å². The number of rotatable bonds is 3. The molecule has 0 radical (unpaired) electrons. The van der Waals surface area contributed by atoms with Crippen LogP contribution in [0.5, 0.6) is 0 Å². The predicted octanol–water partition coefficient (Wildman–Crippen LogP) is 2.20. The molecule has 5 heteroatoms. The maximum atomic E-state index is 12.6. The molecule has 5 fully saturated rings. The van der Waals surface area contributed by atoms with E-state index in [1.165, 1.54) is 18.2 Å². The number of amides is 1. The first kappa shape index (κ1) is 15.0. The lowest BCUT2D eigenvalue weighted by Crippen LogP contribution is -2.65. The van der Waals surface area contributed by atoms with Crippen molar-refractivity contribution in [1.82, 2.24) is 4.90 Å². The summed E-state index contributed by atoms with van der Waals surface area (Å²) in [5.41, 5.74) is -0.595. The first-order chi connectivity index (χ1) is 10.4. The van der Waals surface area contributed by atoms with Crippen LogP contribution in [-0.4, -0.2) is 44.5 Å². The van der Waals surface area contributed by atoms with E-state index < -0.39 is 5.60 Å². The topological polar surface area (TPSA) is 57.6 Å². The number of hydrogen-bond acceptors (Lipinski definition) is 4. The second-order valence-corrected chi connectivity index (χ2v) is 9.48. The summed E-state index contributed by atoms with van der Waals surface area (Å²) < 4.78 is 0. The van der Waals surface area contributed by atoms with Gasteiger partial charge in [-0.25, -0.2) is 0 Å². The van der Waals surface area contributed by atoms with E-state index in [9.17, 15) is 14.7 Å². The van der Waals surface area contributed by atoms with Crippen LogP contribution >= 0.6 is 11.8 Å². The Morgan fingerprint density at radius 2 is 2.00 bits per heavy atom. The Hall–Kier alpha value is -0.550. The molecule has 1 amide bonds. The van der Waals surface area contributed by atoms with Gasteiger partial charge in [-0.2, -0.15) is 0 Å². The summed E-state index contributed by atoms with van der Waals surface area (Å²) in [6, 6.07) is 0. The van der Waals surface area contributed by atoms with Crippen LogP contribution in [0.2, 0.25) is 0 Å². The Morgan fingerprint density at radius 1 is 1.32 bits per heavy atom. The van der Waals surface area contributed by atoms with Gasteiger partial charge in [-0.1, -0.05) is 11.8 Å².